The summed E-state index contributed by atoms with van der Waals surface area (Å²) in [6.07, 6.45) is 1.75. The molecule has 21 heavy (non-hydrogen) atoms. The number of halogens is 2. The maximum Gasteiger partial charge on any atom is 0.230 e. The topological polar surface area (TPSA) is 32.3 Å². The largest absolute Gasteiger partial charge is 0.338 e. The Kier molecular flexibility index (Phi) is 5.18. The van der Waals surface area contributed by atoms with E-state index in [1.165, 1.54) is 0 Å². The Bertz CT molecular complexity index is 527. The predicted octanol–water partition coefficient (Wildman–Crippen LogP) is 3.90. The van der Waals surface area contributed by atoms with Gasteiger partial charge in [-0.3, -0.25) is 4.79 Å². The molecule has 2 rings (SSSR count). The van der Waals surface area contributed by atoms with Crippen LogP contribution in [0.3, 0.4) is 0 Å². The Labute approximate surface area is 136 Å². The highest BCUT2D eigenvalue weighted by Gasteiger charge is 2.42. The number of hydrogen-bond donors (Lipinski definition) is 1. The van der Waals surface area contributed by atoms with E-state index in [2.05, 4.69) is 12.2 Å². The molecule has 2 atom stereocenters. The molecule has 5 heteroatoms. The van der Waals surface area contributed by atoms with Crippen molar-refractivity contribution in [3.8, 4) is 0 Å². The molecule has 1 aliphatic rings. The maximum absolute atomic E-state index is 12.9. The van der Waals surface area contributed by atoms with Crippen LogP contribution >= 0.6 is 23.2 Å². The Hall–Kier alpha value is -0.770. The van der Waals surface area contributed by atoms with Crippen molar-refractivity contribution in [2.45, 2.75) is 32.7 Å². The molecule has 1 heterocycles. The smallest absolute Gasteiger partial charge is 0.230 e. The van der Waals surface area contributed by atoms with Gasteiger partial charge in [-0.05, 0) is 44.0 Å². The van der Waals surface area contributed by atoms with Crippen molar-refractivity contribution < 1.29 is 4.79 Å². The van der Waals surface area contributed by atoms with Crippen molar-refractivity contribution in [2.24, 2.45) is 5.41 Å². The summed E-state index contributed by atoms with van der Waals surface area (Å²) in [4.78, 5) is 14.7. The second-order valence-electron chi connectivity index (χ2n) is 5.82. The molecule has 1 N–H and O–H groups in total. The molecule has 0 aliphatic carbocycles. The first kappa shape index (κ1) is 16.6. The van der Waals surface area contributed by atoms with Gasteiger partial charge in [0.2, 0.25) is 5.91 Å². The highest BCUT2D eigenvalue weighted by atomic mass is 35.5. The molecular weight excluding hydrogens is 307 g/mol. The Balaban J connectivity index is 2.22. The summed E-state index contributed by atoms with van der Waals surface area (Å²) in [5.41, 5.74) is 0.649. The first-order chi connectivity index (χ1) is 9.91. The molecule has 1 fully saturated rings. The minimum absolute atomic E-state index is 0.0775. The van der Waals surface area contributed by atoms with E-state index in [0.29, 0.717) is 10.0 Å². The summed E-state index contributed by atoms with van der Waals surface area (Å²) in [5, 5.41) is 4.51. The van der Waals surface area contributed by atoms with Crippen molar-refractivity contribution in [2.75, 3.05) is 20.1 Å². The summed E-state index contributed by atoms with van der Waals surface area (Å²) < 4.78 is 0. The van der Waals surface area contributed by atoms with E-state index in [1.807, 2.05) is 31.0 Å². The van der Waals surface area contributed by atoms with Gasteiger partial charge in [-0.15, -0.1) is 0 Å². The molecule has 0 radical (unpaired) electrons. The van der Waals surface area contributed by atoms with Gasteiger partial charge in [0.15, 0.2) is 0 Å². The lowest BCUT2D eigenvalue weighted by Gasteiger charge is -2.35. The van der Waals surface area contributed by atoms with Gasteiger partial charge in [-0.2, -0.15) is 0 Å². The van der Waals surface area contributed by atoms with Crippen LogP contribution in [0.4, 0.5) is 0 Å². The zero-order valence-electron chi connectivity index (χ0n) is 12.7. The maximum atomic E-state index is 12.9. The summed E-state index contributed by atoms with van der Waals surface area (Å²) in [6.45, 7) is 5.74. The fourth-order valence-electron chi connectivity index (χ4n) is 2.98. The van der Waals surface area contributed by atoms with Crippen LogP contribution in [-0.2, 0) is 4.79 Å². The first-order valence-corrected chi connectivity index (χ1v) is 8.10. The number of carbonyl (C=O) groups excluding carboxylic acids is 1. The quantitative estimate of drug-likeness (QED) is 0.908. The number of nitrogens with zero attached hydrogens (tertiary/aromatic N) is 1. The summed E-state index contributed by atoms with van der Waals surface area (Å²) in [6, 6.07) is 5.35. The second kappa shape index (κ2) is 6.55. The lowest BCUT2D eigenvalue weighted by Crippen LogP contribution is -2.44. The molecule has 2 unspecified atom stereocenters. The molecule has 116 valence electrons. The van der Waals surface area contributed by atoms with Gasteiger partial charge in [0.1, 0.15) is 0 Å². The highest BCUT2D eigenvalue weighted by molar-refractivity contribution is 6.35. The average molecular weight is 329 g/mol. The van der Waals surface area contributed by atoms with E-state index in [1.54, 1.807) is 6.07 Å². The lowest BCUT2D eigenvalue weighted by molar-refractivity contribution is -0.142. The van der Waals surface area contributed by atoms with Gasteiger partial charge in [-0.25, -0.2) is 0 Å². The van der Waals surface area contributed by atoms with E-state index < -0.39 is 0 Å². The number of benzene rings is 1. The normalized spacial score (nSPS) is 23.1. The van der Waals surface area contributed by atoms with Gasteiger partial charge in [-0.1, -0.05) is 36.2 Å². The molecule has 1 aliphatic heterocycles. The fraction of sp³-hybridized carbons (Fsp3) is 0.562. The average Bonchev–Trinajstić information content (AvgIpc) is 2.95. The molecular formula is C16H22Cl2N2O. The highest BCUT2D eigenvalue weighted by Crippen LogP contribution is 2.36. The van der Waals surface area contributed by atoms with Crippen molar-refractivity contribution in [3.63, 3.8) is 0 Å². The van der Waals surface area contributed by atoms with Crippen LogP contribution in [0, 0.1) is 5.41 Å². The van der Waals surface area contributed by atoms with Crippen LogP contribution in [0.25, 0.3) is 0 Å². The van der Waals surface area contributed by atoms with Gasteiger partial charge >= 0.3 is 0 Å². The van der Waals surface area contributed by atoms with E-state index in [9.17, 15) is 4.79 Å². The van der Waals surface area contributed by atoms with Crippen molar-refractivity contribution >= 4 is 29.1 Å². The minimum Gasteiger partial charge on any atom is -0.338 e. The van der Waals surface area contributed by atoms with E-state index >= 15 is 0 Å². The molecule has 3 nitrogen and oxygen atoms in total. The van der Waals surface area contributed by atoms with E-state index in [4.69, 9.17) is 23.2 Å². The molecule has 1 saturated heterocycles. The van der Waals surface area contributed by atoms with Crippen molar-refractivity contribution in [3.05, 3.63) is 33.8 Å². The first-order valence-electron chi connectivity index (χ1n) is 7.34. The third-order valence-electron chi connectivity index (χ3n) is 4.69. The second-order valence-corrected chi connectivity index (χ2v) is 6.66. The van der Waals surface area contributed by atoms with Crippen molar-refractivity contribution in [1.29, 1.82) is 0 Å². The SMILES string of the molecule is CCC1(C(=O)N(C)C(C)c2ccc(Cl)cc2Cl)CCNC1. The van der Waals surface area contributed by atoms with Crippen LogP contribution in [0.15, 0.2) is 18.2 Å². The number of nitrogens with one attached hydrogen (secondary N) is 1. The third kappa shape index (κ3) is 3.20. The molecule has 0 aromatic heterocycles. The van der Waals surface area contributed by atoms with Crippen LogP contribution in [0.1, 0.15) is 38.3 Å². The van der Waals surface area contributed by atoms with Crippen LogP contribution in [-0.4, -0.2) is 30.9 Å². The van der Waals surface area contributed by atoms with Gasteiger partial charge < -0.3 is 10.2 Å². The lowest BCUT2D eigenvalue weighted by atomic mass is 9.82. The van der Waals surface area contributed by atoms with Gasteiger partial charge in [0.05, 0.1) is 11.5 Å². The number of rotatable bonds is 4. The van der Waals surface area contributed by atoms with E-state index in [0.717, 1.165) is 31.5 Å². The summed E-state index contributed by atoms with van der Waals surface area (Å²) in [5.74, 6) is 0.188. The minimum atomic E-state index is -0.276. The fourth-order valence-corrected chi connectivity index (χ4v) is 3.54. The number of hydrogen-bond acceptors (Lipinski definition) is 2. The monoisotopic (exact) mass is 328 g/mol. The summed E-state index contributed by atoms with van der Waals surface area (Å²) in [7, 11) is 1.85. The van der Waals surface area contributed by atoms with Crippen LogP contribution in [0.2, 0.25) is 10.0 Å². The zero-order valence-corrected chi connectivity index (χ0v) is 14.3. The van der Waals surface area contributed by atoms with Gasteiger partial charge in [0.25, 0.3) is 0 Å². The molecule has 0 bridgehead atoms. The third-order valence-corrected chi connectivity index (χ3v) is 5.25. The Morgan fingerprint density at radius 2 is 2.19 bits per heavy atom. The number of carbonyl (C=O) groups is 1. The molecule has 1 amide bonds. The molecule has 1 aromatic carbocycles. The molecule has 1 aromatic rings. The predicted molar refractivity (Wildman–Crippen MR) is 87.9 cm³/mol. The Morgan fingerprint density at radius 1 is 1.48 bits per heavy atom. The Morgan fingerprint density at radius 3 is 2.71 bits per heavy atom. The van der Waals surface area contributed by atoms with E-state index in [-0.39, 0.29) is 17.4 Å². The van der Waals surface area contributed by atoms with Crippen molar-refractivity contribution in [1.82, 2.24) is 10.2 Å². The molecule has 0 spiro atoms. The zero-order chi connectivity index (χ0) is 15.6. The standard InChI is InChI=1S/C16H22Cl2N2O/c1-4-16(7-8-19-10-16)15(21)20(3)11(2)13-6-5-12(17)9-14(13)18/h5-6,9,11,19H,4,7-8,10H2,1-3H3. The van der Waals surface area contributed by atoms with Gasteiger partial charge in [0, 0.05) is 23.6 Å². The number of amides is 1. The van der Waals surface area contributed by atoms with Crippen LogP contribution < -0.4 is 5.32 Å². The molecule has 0 saturated carbocycles. The van der Waals surface area contributed by atoms with Crippen LogP contribution in [0.5, 0.6) is 0 Å². The summed E-state index contributed by atoms with van der Waals surface area (Å²) >= 11 is 12.2.